The molecule has 1 heterocycles. The number of piperazine rings is 1. The summed E-state index contributed by atoms with van der Waals surface area (Å²) in [5.41, 5.74) is 1.39. The highest BCUT2D eigenvalue weighted by Crippen LogP contribution is 2.18. The fourth-order valence-corrected chi connectivity index (χ4v) is 2.91. The molecule has 0 unspecified atom stereocenters. The maximum atomic E-state index is 13.0. The van der Waals surface area contributed by atoms with Gasteiger partial charge in [-0.15, -0.1) is 0 Å². The lowest BCUT2D eigenvalue weighted by Gasteiger charge is -2.28. The monoisotopic (exact) mass is 369 g/mol. The molecular weight excluding hydrogens is 350 g/mol. The summed E-state index contributed by atoms with van der Waals surface area (Å²) < 4.78 is 0. The molecule has 0 radical (unpaired) electrons. The fraction of sp³-hybridized carbons (Fsp3) is 0.200. The van der Waals surface area contributed by atoms with Crippen molar-refractivity contribution in [3.63, 3.8) is 0 Å². The average molecular weight is 370 g/mol. The Morgan fingerprint density at radius 1 is 1.00 bits per heavy atom. The van der Waals surface area contributed by atoms with E-state index in [4.69, 9.17) is 11.6 Å². The Bertz CT molecular complexity index is 815. The first-order valence-corrected chi connectivity index (χ1v) is 8.85. The molecule has 0 atom stereocenters. The van der Waals surface area contributed by atoms with E-state index in [-0.39, 0.29) is 17.5 Å². The summed E-state index contributed by atoms with van der Waals surface area (Å²) in [6.45, 7) is 2.66. The zero-order valence-corrected chi connectivity index (χ0v) is 15.0. The van der Waals surface area contributed by atoms with Gasteiger partial charge in [-0.1, -0.05) is 48.0 Å². The molecule has 0 bridgehead atoms. The van der Waals surface area contributed by atoms with Gasteiger partial charge in [0.15, 0.2) is 0 Å². The van der Waals surface area contributed by atoms with Crippen LogP contribution in [0.15, 0.2) is 60.3 Å². The third-order valence-corrected chi connectivity index (χ3v) is 4.47. The van der Waals surface area contributed by atoms with E-state index >= 15 is 0 Å². The molecule has 2 aromatic carbocycles. The number of carbonyl (C=O) groups is 2. The third-order valence-electron chi connectivity index (χ3n) is 4.12. The predicted molar refractivity (Wildman–Crippen MR) is 103 cm³/mol. The molecule has 2 amide bonds. The summed E-state index contributed by atoms with van der Waals surface area (Å²) in [7, 11) is 0. The Labute approximate surface area is 157 Å². The van der Waals surface area contributed by atoms with Crippen LogP contribution < -0.4 is 10.6 Å². The van der Waals surface area contributed by atoms with Crippen LogP contribution in [0.3, 0.4) is 0 Å². The van der Waals surface area contributed by atoms with E-state index < -0.39 is 0 Å². The minimum absolute atomic E-state index is 0.212. The highest BCUT2D eigenvalue weighted by Gasteiger charge is 2.22. The van der Waals surface area contributed by atoms with E-state index in [0.29, 0.717) is 29.2 Å². The van der Waals surface area contributed by atoms with Gasteiger partial charge in [-0.25, -0.2) is 0 Å². The number of rotatable bonds is 4. The van der Waals surface area contributed by atoms with E-state index in [1.165, 1.54) is 0 Å². The molecule has 1 saturated heterocycles. The number of nitrogens with zero attached hydrogens (tertiary/aromatic N) is 1. The summed E-state index contributed by atoms with van der Waals surface area (Å²) in [4.78, 5) is 27.2. The second kappa shape index (κ2) is 8.65. The molecule has 6 heteroatoms. The maximum absolute atomic E-state index is 13.0. The molecule has 0 aromatic heterocycles. The molecule has 1 aliphatic rings. The molecule has 2 N–H and O–H groups in total. The molecule has 0 saturated carbocycles. The number of benzene rings is 2. The van der Waals surface area contributed by atoms with Gasteiger partial charge in [-0.05, 0) is 29.8 Å². The highest BCUT2D eigenvalue weighted by atomic mass is 35.5. The topological polar surface area (TPSA) is 61.4 Å². The molecule has 5 nitrogen and oxygen atoms in total. The number of nitrogens with one attached hydrogen (secondary N) is 2. The lowest BCUT2D eigenvalue weighted by atomic mass is 10.1. The van der Waals surface area contributed by atoms with Gasteiger partial charge in [-0.2, -0.15) is 0 Å². The van der Waals surface area contributed by atoms with Crippen LogP contribution in [0.25, 0.3) is 6.08 Å². The van der Waals surface area contributed by atoms with Crippen LogP contribution in [0.2, 0.25) is 5.02 Å². The first-order valence-electron chi connectivity index (χ1n) is 8.48. The van der Waals surface area contributed by atoms with Crippen LogP contribution in [0, 0.1) is 0 Å². The maximum Gasteiger partial charge on any atom is 0.270 e. The van der Waals surface area contributed by atoms with Crippen molar-refractivity contribution < 1.29 is 9.59 Å². The molecular formula is C20H20ClN3O2. The normalized spacial score (nSPS) is 14.8. The Hall–Kier alpha value is -2.63. The van der Waals surface area contributed by atoms with E-state index in [1.54, 1.807) is 41.3 Å². The number of amides is 2. The van der Waals surface area contributed by atoms with Crippen molar-refractivity contribution >= 4 is 29.5 Å². The summed E-state index contributed by atoms with van der Waals surface area (Å²) >= 11 is 6.22. The third kappa shape index (κ3) is 4.50. The van der Waals surface area contributed by atoms with Crippen LogP contribution in [-0.4, -0.2) is 42.9 Å². The Morgan fingerprint density at radius 3 is 2.35 bits per heavy atom. The standard InChI is InChI=1S/C20H20ClN3O2/c21-17-9-5-4-8-16(17)14-18(20(26)24-12-10-22-11-13-24)23-19(25)15-6-2-1-3-7-15/h1-9,14,22H,10-13H2,(H,23,25)/b18-14+. The molecule has 26 heavy (non-hydrogen) atoms. The van der Waals surface area contributed by atoms with Gasteiger partial charge in [0.25, 0.3) is 11.8 Å². The van der Waals surface area contributed by atoms with Crippen LogP contribution >= 0.6 is 11.6 Å². The zero-order valence-electron chi connectivity index (χ0n) is 14.2. The van der Waals surface area contributed by atoms with E-state index in [0.717, 1.165) is 13.1 Å². The average Bonchev–Trinajstić information content (AvgIpc) is 2.70. The lowest BCUT2D eigenvalue weighted by Crippen LogP contribution is -2.48. The Morgan fingerprint density at radius 2 is 1.65 bits per heavy atom. The van der Waals surface area contributed by atoms with Crippen LogP contribution in [-0.2, 0) is 4.79 Å². The first-order chi connectivity index (χ1) is 12.6. The highest BCUT2D eigenvalue weighted by molar-refractivity contribution is 6.32. The van der Waals surface area contributed by atoms with Gasteiger partial charge >= 0.3 is 0 Å². The van der Waals surface area contributed by atoms with Crippen molar-refractivity contribution in [1.29, 1.82) is 0 Å². The molecule has 1 fully saturated rings. The Kier molecular flexibility index (Phi) is 6.04. The number of carbonyl (C=O) groups excluding carboxylic acids is 2. The van der Waals surface area contributed by atoms with Gasteiger partial charge < -0.3 is 15.5 Å². The number of hydrogen-bond donors (Lipinski definition) is 2. The summed E-state index contributed by atoms with van der Waals surface area (Å²) in [5, 5.41) is 6.49. The van der Waals surface area contributed by atoms with Crippen molar-refractivity contribution in [2.75, 3.05) is 26.2 Å². The number of halogens is 1. The van der Waals surface area contributed by atoms with Crippen molar-refractivity contribution in [3.8, 4) is 0 Å². The van der Waals surface area contributed by atoms with E-state index in [2.05, 4.69) is 10.6 Å². The molecule has 134 valence electrons. The Balaban J connectivity index is 1.89. The second-order valence-electron chi connectivity index (χ2n) is 5.94. The summed E-state index contributed by atoms with van der Waals surface area (Å²) in [6, 6.07) is 16.0. The minimum atomic E-state index is -0.326. The molecule has 0 aliphatic carbocycles. The fourth-order valence-electron chi connectivity index (χ4n) is 2.72. The number of hydrogen-bond acceptors (Lipinski definition) is 3. The van der Waals surface area contributed by atoms with Crippen LogP contribution in [0.4, 0.5) is 0 Å². The van der Waals surface area contributed by atoms with Crippen molar-refractivity contribution in [2.45, 2.75) is 0 Å². The van der Waals surface area contributed by atoms with Gasteiger partial charge in [0.05, 0.1) is 0 Å². The first kappa shape index (κ1) is 18.2. The van der Waals surface area contributed by atoms with Gasteiger partial charge in [-0.3, -0.25) is 9.59 Å². The quantitative estimate of drug-likeness (QED) is 0.814. The van der Waals surface area contributed by atoms with Crippen LogP contribution in [0.1, 0.15) is 15.9 Å². The molecule has 0 spiro atoms. The second-order valence-corrected chi connectivity index (χ2v) is 6.35. The zero-order chi connectivity index (χ0) is 18.4. The molecule has 3 rings (SSSR count). The predicted octanol–water partition coefficient (Wildman–Crippen LogP) is 2.54. The SMILES string of the molecule is O=C(N/C(=C/c1ccccc1Cl)C(=O)N1CCNCC1)c1ccccc1. The van der Waals surface area contributed by atoms with Crippen LogP contribution in [0.5, 0.6) is 0 Å². The summed E-state index contributed by atoms with van der Waals surface area (Å²) in [6.07, 6.45) is 1.63. The van der Waals surface area contributed by atoms with Crippen molar-refractivity contribution in [3.05, 3.63) is 76.4 Å². The van der Waals surface area contributed by atoms with Crippen molar-refractivity contribution in [2.24, 2.45) is 0 Å². The van der Waals surface area contributed by atoms with Crippen molar-refractivity contribution in [1.82, 2.24) is 15.5 Å². The molecule has 1 aliphatic heterocycles. The lowest BCUT2D eigenvalue weighted by molar-refractivity contribution is -0.127. The van der Waals surface area contributed by atoms with Gasteiger partial charge in [0.1, 0.15) is 5.70 Å². The van der Waals surface area contributed by atoms with Gasteiger partial charge in [0.2, 0.25) is 0 Å². The summed E-state index contributed by atoms with van der Waals surface area (Å²) in [5.74, 6) is -0.539. The van der Waals surface area contributed by atoms with E-state index in [9.17, 15) is 9.59 Å². The smallest absolute Gasteiger partial charge is 0.270 e. The van der Waals surface area contributed by atoms with Gasteiger partial charge in [0, 0.05) is 36.8 Å². The largest absolute Gasteiger partial charge is 0.335 e. The van der Waals surface area contributed by atoms with E-state index in [1.807, 2.05) is 24.3 Å². The molecule has 2 aromatic rings. The minimum Gasteiger partial charge on any atom is -0.335 e.